The molecule has 3 aliphatic heterocycles. The Labute approximate surface area is 327 Å². The Balaban J connectivity index is 0.000000214. The molecule has 3 fully saturated rings. The van der Waals surface area contributed by atoms with E-state index in [0.29, 0.717) is 22.4 Å². The number of hydrogen-bond donors (Lipinski definition) is 0. The summed E-state index contributed by atoms with van der Waals surface area (Å²) in [5.41, 5.74) is -1.43. The Morgan fingerprint density at radius 2 is 0.885 bits per heavy atom. The molecule has 3 aliphatic rings. The van der Waals surface area contributed by atoms with Gasteiger partial charge in [-0.15, -0.1) is 0 Å². The van der Waals surface area contributed by atoms with E-state index in [4.69, 9.17) is 79.1 Å². The van der Waals surface area contributed by atoms with Crippen molar-refractivity contribution >= 4 is 73.0 Å². The molecular weight excluding hydrogens is 768 g/mol. The highest BCUT2D eigenvalue weighted by Gasteiger charge is 2.63. The molecule has 2 aromatic rings. The van der Waals surface area contributed by atoms with Gasteiger partial charge in [-0.3, -0.25) is 0 Å². The lowest BCUT2D eigenvalue weighted by atomic mass is 9.49. The van der Waals surface area contributed by atoms with Gasteiger partial charge in [-0.05, 0) is 120 Å². The highest BCUT2D eigenvalue weighted by molar-refractivity contribution is 7.11. The predicted molar refractivity (Wildman–Crippen MR) is 204 cm³/mol. The SMILES string of the molecule is CC1(C)OB(B2OC(C)(C)C(C)(C)O2)OC1(C)C.CCOc1c(Cl)cc(B2OC(C)(C)C(C)(C)O2)cc1Cl.FC(F)(F)COc1c(Cl)cccc1Cl. The molecule has 3 saturated heterocycles. The normalized spacial score (nSPS) is 22.0. The van der Waals surface area contributed by atoms with Gasteiger partial charge in [0, 0.05) is 0 Å². The number of rotatable bonds is 6. The molecule has 52 heavy (non-hydrogen) atoms. The maximum absolute atomic E-state index is 11.8. The third kappa shape index (κ3) is 10.6. The van der Waals surface area contributed by atoms with E-state index in [1.54, 1.807) is 12.1 Å². The summed E-state index contributed by atoms with van der Waals surface area (Å²) in [7, 11) is -1.43. The molecule has 0 aliphatic carbocycles. The van der Waals surface area contributed by atoms with Crippen LogP contribution in [-0.4, -0.2) is 74.1 Å². The van der Waals surface area contributed by atoms with Gasteiger partial charge in [0.05, 0.1) is 60.3 Å². The molecule has 0 bridgehead atoms. The molecule has 3 heterocycles. The Hall–Kier alpha value is -1.06. The molecule has 2 aromatic carbocycles. The van der Waals surface area contributed by atoms with Crippen LogP contribution in [0.5, 0.6) is 11.5 Å². The molecule has 0 spiro atoms. The van der Waals surface area contributed by atoms with Crippen LogP contribution in [0.2, 0.25) is 20.1 Å². The highest BCUT2D eigenvalue weighted by atomic mass is 35.5. The lowest BCUT2D eigenvalue weighted by Gasteiger charge is -2.32. The number of benzene rings is 2. The van der Waals surface area contributed by atoms with E-state index in [1.165, 1.54) is 18.2 Å². The van der Waals surface area contributed by atoms with Crippen LogP contribution in [-0.2, 0) is 27.9 Å². The molecule has 0 radical (unpaired) electrons. The summed E-state index contributed by atoms with van der Waals surface area (Å²) in [5.74, 6) is 0.351. The van der Waals surface area contributed by atoms with Gasteiger partial charge in [0.2, 0.25) is 0 Å². The summed E-state index contributed by atoms with van der Waals surface area (Å²) in [6, 6.07) is 7.88. The van der Waals surface area contributed by atoms with Crippen LogP contribution in [0, 0.1) is 0 Å². The van der Waals surface area contributed by atoms with Gasteiger partial charge in [0.1, 0.15) is 0 Å². The first-order valence-electron chi connectivity index (χ1n) is 16.8. The zero-order valence-corrected chi connectivity index (χ0v) is 35.0. The van der Waals surface area contributed by atoms with E-state index in [9.17, 15) is 13.2 Å². The van der Waals surface area contributed by atoms with Gasteiger partial charge in [0.15, 0.2) is 18.1 Å². The molecule has 0 amide bonds. The summed E-state index contributed by atoms with van der Waals surface area (Å²) in [6.45, 7) is 25.2. The van der Waals surface area contributed by atoms with Crippen molar-refractivity contribution in [2.45, 2.75) is 130 Å². The molecule has 0 saturated carbocycles. The number of alkyl halides is 3. The molecule has 0 aromatic heterocycles. The Morgan fingerprint density at radius 1 is 0.558 bits per heavy atom. The van der Waals surface area contributed by atoms with Crippen LogP contribution in [0.4, 0.5) is 13.2 Å². The molecule has 8 nitrogen and oxygen atoms in total. The zero-order chi connectivity index (χ0) is 39.9. The second-order valence-electron chi connectivity index (χ2n) is 15.5. The molecule has 18 heteroatoms. The number of hydrogen-bond acceptors (Lipinski definition) is 8. The fourth-order valence-corrected chi connectivity index (χ4v) is 5.87. The molecule has 0 N–H and O–H groups in total. The number of ether oxygens (including phenoxy) is 2. The van der Waals surface area contributed by atoms with Crippen molar-refractivity contribution in [3.05, 3.63) is 50.4 Å². The van der Waals surface area contributed by atoms with Crippen molar-refractivity contribution in [3.8, 4) is 11.5 Å². The minimum Gasteiger partial charge on any atom is -0.491 e. The van der Waals surface area contributed by atoms with Gasteiger partial charge < -0.3 is 37.4 Å². The fourth-order valence-electron chi connectivity index (χ4n) is 4.75. The van der Waals surface area contributed by atoms with Crippen LogP contribution in [0.15, 0.2) is 30.3 Å². The lowest BCUT2D eigenvalue weighted by Crippen LogP contribution is -2.41. The number of para-hydroxylation sites is 1. The zero-order valence-electron chi connectivity index (χ0n) is 31.9. The van der Waals surface area contributed by atoms with Crippen LogP contribution in [0.1, 0.15) is 90.0 Å². The lowest BCUT2D eigenvalue weighted by molar-refractivity contribution is -0.153. The van der Waals surface area contributed by atoms with E-state index >= 15 is 0 Å². The minimum absolute atomic E-state index is 0.0572. The third-order valence-corrected chi connectivity index (χ3v) is 11.1. The quantitative estimate of drug-likeness (QED) is 0.267. The molecule has 0 unspecified atom stereocenters. The topological polar surface area (TPSA) is 73.8 Å². The summed E-state index contributed by atoms with van der Waals surface area (Å²) >= 11 is 23.6. The van der Waals surface area contributed by atoms with Crippen LogP contribution in [0.25, 0.3) is 0 Å². The van der Waals surface area contributed by atoms with Crippen molar-refractivity contribution in [1.82, 2.24) is 0 Å². The van der Waals surface area contributed by atoms with E-state index in [0.717, 1.165) is 5.46 Å². The van der Waals surface area contributed by atoms with Gasteiger partial charge in [-0.2, -0.15) is 13.2 Å². The van der Waals surface area contributed by atoms with Crippen molar-refractivity contribution < 1.29 is 50.6 Å². The molecule has 5 rings (SSSR count). The maximum Gasteiger partial charge on any atom is 0.494 e. The largest absolute Gasteiger partial charge is 0.494 e. The van der Waals surface area contributed by atoms with E-state index in [-0.39, 0.29) is 38.2 Å². The average molecular weight is 816 g/mol. The molecule has 0 atom stereocenters. The maximum atomic E-state index is 11.8. The van der Waals surface area contributed by atoms with Crippen molar-refractivity contribution in [1.29, 1.82) is 0 Å². The second-order valence-corrected chi connectivity index (χ2v) is 17.2. The smallest absolute Gasteiger partial charge is 0.491 e. The van der Waals surface area contributed by atoms with Gasteiger partial charge >= 0.3 is 27.3 Å². The number of halogens is 7. The van der Waals surface area contributed by atoms with Crippen LogP contribution < -0.4 is 14.9 Å². The monoisotopic (exact) mass is 814 g/mol. The van der Waals surface area contributed by atoms with E-state index < -0.39 is 45.1 Å². The van der Waals surface area contributed by atoms with Gasteiger partial charge in [0.25, 0.3) is 0 Å². The van der Waals surface area contributed by atoms with Crippen molar-refractivity contribution in [2.24, 2.45) is 0 Å². The first kappa shape index (κ1) is 45.3. The van der Waals surface area contributed by atoms with Crippen molar-refractivity contribution in [2.75, 3.05) is 13.2 Å². The molecule has 290 valence electrons. The summed E-state index contributed by atoms with van der Waals surface area (Å²) < 4.78 is 81.1. The average Bonchev–Trinajstić information content (AvgIpc) is 3.44. The summed E-state index contributed by atoms with van der Waals surface area (Å²) in [6.07, 6.45) is -4.40. The Bertz CT molecular complexity index is 1440. The highest BCUT2D eigenvalue weighted by Crippen LogP contribution is 2.43. The molecular formula is C34H48B3Cl4F3O8. The summed E-state index contributed by atoms with van der Waals surface area (Å²) in [5, 5.41) is 1.04. The minimum atomic E-state index is -4.40. The summed E-state index contributed by atoms with van der Waals surface area (Å²) in [4.78, 5) is 0. The fraction of sp³-hybridized carbons (Fsp3) is 0.647. The van der Waals surface area contributed by atoms with Crippen molar-refractivity contribution in [3.63, 3.8) is 0 Å². The predicted octanol–water partition coefficient (Wildman–Crippen LogP) is 9.87. The Kier molecular flexibility index (Phi) is 14.1. The van der Waals surface area contributed by atoms with Gasteiger partial charge in [-0.25, -0.2) is 0 Å². The first-order valence-corrected chi connectivity index (χ1v) is 18.3. The van der Waals surface area contributed by atoms with Crippen LogP contribution >= 0.6 is 46.4 Å². The first-order chi connectivity index (χ1) is 23.5. The van der Waals surface area contributed by atoms with Crippen LogP contribution in [0.3, 0.4) is 0 Å². The second kappa shape index (κ2) is 16.2. The van der Waals surface area contributed by atoms with E-state index in [2.05, 4.69) is 4.74 Å². The van der Waals surface area contributed by atoms with Gasteiger partial charge in [-0.1, -0.05) is 52.5 Å². The standard InChI is InChI=1S/C14H19BCl2O3.C12H24B2O4.C8H5Cl2F3O/c1-6-18-12-10(16)7-9(8-11(12)17)15-19-13(2,3)14(4,5)20-15;1-9(2)10(3,4)16-13(15-9)14-17-11(5,6)12(7,8)18-14;9-5-2-1-3-6(10)7(5)14-4-8(11,12)13/h7-8H,6H2,1-5H3;1-8H3;1-3H,4H2. The van der Waals surface area contributed by atoms with E-state index in [1.807, 2.05) is 90.0 Å². The third-order valence-electron chi connectivity index (χ3n) is 9.90. The Morgan fingerprint density at radius 3 is 1.21 bits per heavy atom.